The minimum Gasteiger partial charge on any atom is -0.395 e. The van der Waals surface area contributed by atoms with Gasteiger partial charge in [0, 0.05) is 31.7 Å². The fourth-order valence-corrected chi connectivity index (χ4v) is 3.09. The lowest BCUT2D eigenvalue weighted by Gasteiger charge is -2.33. The van der Waals surface area contributed by atoms with E-state index in [0.717, 1.165) is 19.6 Å². The van der Waals surface area contributed by atoms with Gasteiger partial charge in [-0.1, -0.05) is 30.3 Å². The normalized spacial score (nSPS) is 20.1. The Balaban J connectivity index is 1.93. The van der Waals surface area contributed by atoms with Gasteiger partial charge in [-0.15, -0.1) is 0 Å². The number of nitrogens with zero attached hydrogens (tertiary/aromatic N) is 2. The van der Waals surface area contributed by atoms with Crippen LogP contribution in [-0.4, -0.2) is 53.2 Å². The monoisotopic (exact) mass is 276 g/mol. The second-order valence-electron chi connectivity index (χ2n) is 6.06. The van der Waals surface area contributed by atoms with Crippen molar-refractivity contribution in [3.63, 3.8) is 0 Å². The van der Waals surface area contributed by atoms with Crippen LogP contribution in [0.4, 0.5) is 0 Å². The van der Waals surface area contributed by atoms with Gasteiger partial charge in [0.05, 0.1) is 6.61 Å². The molecular weight excluding hydrogens is 248 g/mol. The van der Waals surface area contributed by atoms with Crippen LogP contribution in [0.25, 0.3) is 0 Å². The van der Waals surface area contributed by atoms with Crippen molar-refractivity contribution in [2.45, 2.75) is 45.3 Å². The number of hydrogen-bond acceptors (Lipinski definition) is 3. The van der Waals surface area contributed by atoms with Crippen LogP contribution >= 0.6 is 0 Å². The molecule has 1 unspecified atom stereocenters. The molecule has 0 saturated carbocycles. The van der Waals surface area contributed by atoms with Crippen LogP contribution in [0.2, 0.25) is 0 Å². The Bertz CT molecular complexity index is 380. The molecule has 1 aliphatic rings. The molecule has 0 aromatic heterocycles. The van der Waals surface area contributed by atoms with Crippen molar-refractivity contribution in [3.8, 4) is 0 Å². The smallest absolute Gasteiger partial charge is 0.0558 e. The Morgan fingerprint density at radius 1 is 1.30 bits per heavy atom. The van der Waals surface area contributed by atoms with Gasteiger partial charge in [-0.3, -0.25) is 9.80 Å². The highest BCUT2D eigenvalue weighted by Gasteiger charge is 2.26. The van der Waals surface area contributed by atoms with Gasteiger partial charge in [-0.05, 0) is 38.8 Å². The minimum absolute atomic E-state index is 0.254. The molecule has 1 aromatic carbocycles. The summed E-state index contributed by atoms with van der Waals surface area (Å²) in [4.78, 5) is 5.00. The molecule has 0 radical (unpaired) electrons. The number of aliphatic hydroxyl groups excluding tert-OH is 1. The molecule has 0 amide bonds. The third-order valence-electron chi connectivity index (χ3n) is 4.29. The summed E-state index contributed by atoms with van der Waals surface area (Å²) in [5.41, 5.74) is 1.40. The zero-order valence-electron chi connectivity index (χ0n) is 12.8. The van der Waals surface area contributed by atoms with E-state index < -0.39 is 0 Å². The topological polar surface area (TPSA) is 26.7 Å². The maximum absolute atomic E-state index is 9.21. The van der Waals surface area contributed by atoms with Gasteiger partial charge in [0.25, 0.3) is 0 Å². The molecular formula is C17H28N2O. The van der Waals surface area contributed by atoms with Gasteiger partial charge in [-0.2, -0.15) is 0 Å². The van der Waals surface area contributed by atoms with Crippen molar-refractivity contribution in [2.24, 2.45) is 0 Å². The number of hydrogen-bond donors (Lipinski definition) is 1. The summed E-state index contributed by atoms with van der Waals surface area (Å²) >= 11 is 0. The highest BCUT2D eigenvalue weighted by atomic mass is 16.3. The van der Waals surface area contributed by atoms with Crippen LogP contribution in [0.3, 0.4) is 0 Å². The molecule has 112 valence electrons. The predicted molar refractivity (Wildman–Crippen MR) is 83.7 cm³/mol. The summed E-state index contributed by atoms with van der Waals surface area (Å²) in [6, 6.07) is 11.9. The molecule has 1 N–H and O–H groups in total. The summed E-state index contributed by atoms with van der Waals surface area (Å²) in [6.45, 7) is 8.79. The summed E-state index contributed by atoms with van der Waals surface area (Å²) in [6.07, 6.45) is 2.57. The van der Waals surface area contributed by atoms with Crippen molar-refractivity contribution in [1.29, 1.82) is 0 Å². The van der Waals surface area contributed by atoms with Crippen molar-refractivity contribution in [2.75, 3.05) is 26.2 Å². The van der Waals surface area contributed by atoms with Gasteiger partial charge in [0.2, 0.25) is 0 Å². The second-order valence-corrected chi connectivity index (χ2v) is 6.06. The fourth-order valence-electron chi connectivity index (χ4n) is 3.09. The third-order valence-corrected chi connectivity index (χ3v) is 4.29. The second kappa shape index (κ2) is 7.77. The number of rotatable bonds is 7. The van der Waals surface area contributed by atoms with Gasteiger partial charge in [0.1, 0.15) is 0 Å². The molecule has 0 bridgehead atoms. The first-order chi connectivity index (χ1) is 9.70. The lowest BCUT2D eigenvalue weighted by Crippen LogP contribution is -2.44. The molecule has 3 nitrogen and oxygen atoms in total. The predicted octanol–water partition coefficient (Wildman–Crippen LogP) is 2.35. The number of likely N-dealkylation sites (tertiary alicyclic amines) is 1. The maximum Gasteiger partial charge on any atom is 0.0558 e. The molecule has 1 atom stereocenters. The molecule has 0 aliphatic carbocycles. The SMILES string of the molecule is CC(C)N(CCO)CC1CCCN1Cc1ccccc1. The first-order valence-corrected chi connectivity index (χ1v) is 7.83. The van der Waals surface area contributed by atoms with E-state index >= 15 is 0 Å². The highest BCUT2D eigenvalue weighted by Crippen LogP contribution is 2.21. The first kappa shape index (κ1) is 15.5. The van der Waals surface area contributed by atoms with E-state index in [2.05, 4.69) is 54.0 Å². The lowest BCUT2D eigenvalue weighted by molar-refractivity contribution is 0.119. The lowest BCUT2D eigenvalue weighted by atomic mass is 10.1. The van der Waals surface area contributed by atoms with E-state index in [1.807, 2.05) is 0 Å². The summed E-state index contributed by atoms with van der Waals surface area (Å²) < 4.78 is 0. The van der Waals surface area contributed by atoms with E-state index in [1.54, 1.807) is 0 Å². The van der Waals surface area contributed by atoms with Crippen LogP contribution in [0, 0.1) is 0 Å². The Labute approximate surface area is 123 Å². The van der Waals surface area contributed by atoms with Gasteiger partial charge in [-0.25, -0.2) is 0 Å². The molecule has 1 aromatic rings. The van der Waals surface area contributed by atoms with E-state index in [0.29, 0.717) is 12.1 Å². The van der Waals surface area contributed by atoms with Crippen LogP contribution in [0.1, 0.15) is 32.3 Å². The third kappa shape index (κ3) is 4.30. The largest absolute Gasteiger partial charge is 0.395 e. The van der Waals surface area contributed by atoms with Crippen LogP contribution < -0.4 is 0 Å². The average Bonchev–Trinajstić information content (AvgIpc) is 2.86. The van der Waals surface area contributed by atoms with E-state index in [4.69, 9.17) is 0 Å². The van der Waals surface area contributed by atoms with Crippen molar-refractivity contribution in [3.05, 3.63) is 35.9 Å². The van der Waals surface area contributed by atoms with Crippen LogP contribution in [0.15, 0.2) is 30.3 Å². The Morgan fingerprint density at radius 2 is 2.05 bits per heavy atom. The van der Waals surface area contributed by atoms with E-state index in [9.17, 15) is 5.11 Å². The Morgan fingerprint density at radius 3 is 2.70 bits per heavy atom. The fraction of sp³-hybridized carbons (Fsp3) is 0.647. The zero-order chi connectivity index (χ0) is 14.4. The summed E-state index contributed by atoms with van der Waals surface area (Å²) in [5.74, 6) is 0. The van der Waals surface area contributed by atoms with Gasteiger partial charge < -0.3 is 5.11 Å². The van der Waals surface area contributed by atoms with Crippen LogP contribution in [0.5, 0.6) is 0 Å². The van der Waals surface area contributed by atoms with E-state index in [1.165, 1.54) is 24.9 Å². The number of aliphatic hydroxyl groups is 1. The molecule has 1 saturated heterocycles. The summed E-state index contributed by atoms with van der Waals surface area (Å²) in [7, 11) is 0. The van der Waals surface area contributed by atoms with Crippen LogP contribution in [-0.2, 0) is 6.54 Å². The average molecular weight is 276 g/mol. The Hall–Kier alpha value is -0.900. The Kier molecular flexibility index (Phi) is 6.02. The highest BCUT2D eigenvalue weighted by molar-refractivity contribution is 5.14. The first-order valence-electron chi connectivity index (χ1n) is 7.83. The number of benzene rings is 1. The quantitative estimate of drug-likeness (QED) is 0.828. The molecule has 2 rings (SSSR count). The molecule has 0 spiro atoms. The standard InChI is InChI=1S/C17H28N2O/c1-15(2)18(11-12-20)14-17-9-6-10-19(17)13-16-7-4-3-5-8-16/h3-5,7-8,15,17,20H,6,9-14H2,1-2H3. The molecule has 20 heavy (non-hydrogen) atoms. The maximum atomic E-state index is 9.21. The van der Waals surface area contributed by atoms with Crippen molar-refractivity contribution < 1.29 is 5.11 Å². The molecule has 3 heteroatoms. The molecule has 1 fully saturated rings. The van der Waals surface area contributed by atoms with E-state index in [-0.39, 0.29) is 6.61 Å². The molecule has 1 heterocycles. The molecule has 1 aliphatic heterocycles. The zero-order valence-corrected chi connectivity index (χ0v) is 12.8. The minimum atomic E-state index is 0.254. The van der Waals surface area contributed by atoms with Crippen molar-refractivity contribution >= 4 is 0 Å². The summed E-state index contributed by atoms with van der Waals surface area (Å²) in [5, 5.41) is 9.21. The van der Waals surface area contributed by atoms with Gasteiger partial charge in [0.15, 0.2) is 0 Å². The van der Waals surface area contributed by atoms with Crippen molar-refractivity contribution in [1.82, 2.24) is 9.80 Å². The van der Waals surface area contributed by atoms with Gasteiger partial charge >= 0.3 is 0 Å².